The van der Waals surface area contributed by atoms with E-state index in [2.05, 4.69) is 26.3 Å². The van der Waals surface area contributed by atoms with Gasteiger partial charge in [0.15, 0.2) is 11.6 Å². The van der Waals surface area contributed by atoms with Gasteiger partial charge in [0.25, 0.3) is 10.0 Å². The van der Waals surface area contributed by atoms with Crippen LogP contribution < -0.4 is 10.0 Å². The minimum atomic E-state index is -3.93. The molecule has 9 heteroatoms. The summed E-state index contributed by atoms with van der Waals surface area (Å²) in [5.74, 6) is -0.157. The van der Waals surface area contributed by atoms with E-state index in [9.17, 15) is 12.8 Å². The monoisotopic (exact) mass is 383 g/mol. The van der Waals surface area contributed by atoms with Crippen LogP contribution >= 0.6 is 0 Å². The lowest BCUT2D eigenvalue weighted by atomic mass is 10.2. The summed E-state index contributed by atoms with van der Waals surface area (Å²) >= 11 is 0. The van der Waals surface area contributed by atoms with Gasteiger partial charge in [0.2, 0.25) is 0 Å². The Hall–Kier alpha value is -3.51. The average molecular weight is 383 g/mol. The highest BCUT2D eigenvalue weighted by Gasteiger charge is 2.18. The molecule has 0 amide bonds. The number of halogens is 1. The molecule has 1 aromatic heterocycles. The van der Waals surface area contributed by atoms with E-state index in [1.54, 1.807) is 24.3 Å². The van der Waals surface area contributed by atoms with Crippen molar-refractivity contribution in [3.05, 3.63) is 71.5 Å². The third kappa shape index (κ3) is 4.19. The Morgan fingerprint density at radius 2 is 1.74 bits per heavy atom. The van der Waals surface area contributed by atoms with Crippen molar-refractivity contribution >= 4 is 27.3 Å². The van der Waals surface area contributed by atoms with Crippen molar-refractivity contribution in [2.24, 2.45) is 0 Å². The Kier molecular flexibility index (Phi) is 5.00. The predicted molar refractivity (Wildman–Crippen MR) is 98.4 cm³/mol. The van der Waals surface area contributed by atoms with Crippen LogP contribution in [0, 0.1) is 24.1 Å². The first kappa shape index (κ1) is 18.3. The fourth-order valence-corrected chi connectivity index (χ4v) is 3.61. The van der Waals surface area contributed by atoms with Crippen LogP contribution in [-0.4, -0.2) is 18.6 Å². The second kappa shape index (κ2) is 7.39. The van der Waals surface area contributed by atoms with Gasteiger partial charge in [0.1, 0.15) is 11.9 Å². The molecule has 1 heterocycles. The number of nitrogens with one attached hydrogen (secondary N) is 2. The van der Waals surface area contributed by atoms with E-state index in [4.69, 9.17) is 5.26 Å². The first-order chi connectivity index (χ1) is 12.9. The molecule has 0 fully saturated rings. The van der Waals surface area contributed by atoms with Crippen molar-refractivity contribution in [3.8, 4) is 6.07 Å². The molecular formula is C18H14FN5O2S. The van der Waals surface area contributed by atoms with Gasteiger partial charge in [-0.3, -0.25) is 4.72 Å². The summed E-state index contributed by atoms with van der Waals surface area (Å²) in [4.78, 5) is -0.0455. The maximum atomic E-state index is 13.2. The summed E-state index contributed by atoms with van der Waals surface area (Å²) in [6.45, 7) is 1.50. The molecule has 0 saturated carbocycles. The Balaban J connectivity index is 1.78. The van der Waals surface area contributed by atoms with Gasteiger partial charge < -0.3 is 5.32 Å². The van der Waals surface area contributed by atoms with Gasteiger partial charge in [-0.05, 0) is 55.0 Å². The molecule has 136 valence electrons. The van der Waals surface area contributed by atoms with Gasteiger partial charge in [0, 0.05) is 0 Å². The standard InChI is InChI=1S/C18H14FN5O2S/c1-12-10-14(19)6-7-16(12)27(25,26)24-18-9-8-17(22-23-18)21-15-5-3-2-4-13(15)11-20/h2-10H,1H3,(H,21,22)(H,23,24). The Bertz CT molecular complexity index is 1130. The fourth-order valence-electron chi connectivity index (χ4n) is 2.39. The van der Waals surface area contributed by atoms with Crippen molar-refractivity contribution in [3.63, 3.8) is 0 Å². The largest absolute Gasteiger partial charge is 0.338 e. The van der Waals surface area contributed by atoms with E-state index in [1.165, 1.54) is 25.1 Å². The topological polar surface area (TPSA) is 108 Å². The Labute approximate surface area is 155 Å². The second-order valence-electron chi connectivity index (χ2n) is 5.60. The van der Waals surface area contributed by atoms with Gasteiger partial charge in [-0.25, -0.2) is 12.8 Å². The Morgan fingerprint density at radius 3 is 2.41 bits per heavy atom. The van der Waals surface area contributed by atoms with Crippen LogP contribution in [0.25, 0.3) is 0 Å². The van der Waals surface area contributed by atoms with Crippen molar-refractivity contribution in [1.29, 1.82) is 5.26 Å². The average Bonchev–Trinajstić information content (AvgIpc) is 2.63. The molecule has 7 nitrogen and oxygen atoms in total. The quantitative estimate of drug-likeness (QED) is 0.700. The highest BCUT2D eigenvalue weighted by Crippen LogP contribution is 2.21. The van der Waals surface area contributed by atoms with Gasteiger partial charge in [-0.1, -0.05) is 12.1 Å². The van der Waals surface area contributed by atoms with Gasteiger partial charge >= 0.3 is 0 Å². The van der Waals surface area contributed by atoms with Gasteiger partial charge in [-0.15, -0.1) is 10.2 Å². The van der Waals surface area contributed by atoms with Crippen molar-refractivity contribution in [2.45, 2.75) is 11.8 Å². The lowest BCUT2D eigenvalue weighted by Gasteiger charge is -2.10. The molecule has 2 N–H and O–H groups in total. The van der Waals surface area contributed by atoms with E-state index in [-0.39, 0.29) is 16.3 Å². The molecule has 0 aliphatic rings. The SMILES string of the molecule is Cc1cc(F)ccc1S(=O)(=O)Nc1ccc(Nc2ccccc2C#N)nn1. The third-order valence-electron chi connectivity index (χ3n) is 3.64. The number of aryl methyl sites for hydroxylation is 1. The number of anilines is 3. The van der Waals surface area contributed by atoms with Crippen LogP contribution in [0.5, 0.6) is 0 Å². The zero-order valence-electron chi connectivity index (χ0n) is 14.1. The maximum Gasteiger partial charge on any atom is 0.263 e. The molecule has 0 spiro atoms. The summed E-state index contributed by atoms with van der Waals surface area (Å²) < 4.78 is 40.4. The summed E-state index contributed by atoms with van der Waals surface area (Å²) in [7, 11) is -3.93. The highest BCUT2D eigenvalue weighted by molar-refractivity contribution is 7.92. The molecule has 0 aliphatic heterocycles. The minimum absolute atomic E-state index is 0.0119. The lowest BCUT2D eigenvalue weighted by molar-refractivity contribution is 0.598. The first-order valence-electron chi connectivity index (χ1n) is 7.78. The number of sulfonamides is 1. The Morgan fingerprint density at radius 1 is 1.04 bits per heavy atom. The van der Waals surface area contributed by atoms with Gasteiger partial charge in [-0.2, -0.15) is 5.26 Å². The van der Waals surface area contributed by atoms with Crippen molar-refractivity contribution in [1.82, 2.24) is 10.2 Å². The molecule has 0 bridgehead atoms. The number of hydrogen-bond donors (Lipinski definition) is 2. The summed E-state index contributed by atoms with van der Waals surface area (Å²) in [5, 5.41) is 19.8. The molecule has 2 aromatic carbocycles. The number of nitrogens with zero attached hydrogens (tertiary/aromatic N) is 3. The molecule has 0 saturated heterocycles. The molecule has 0 aliphatic carbocycles. The van der Waals surface area contributed by atoms with E-state index < -0.39 is 15.8 Å². The van der Waals surface area contributed by atoms with Crippen LogP contribution in [0.4, 0.5) is 21.7 Å². The van der Waals surface area contributed by atoms with Crippen LogP contribution in [0.15, 0.2) is 59.5 Å². The maximum absolute atomic E-state index is 13.2. The van der Waals surface area contributed by atoms with Gasteiger partial charge in [0.05, 0.1) is 16.1 Å². The molecular weight excluding hydrogens is 369 g/mol. The van der Waals surface area contributed by atoms with E-state index >= 15 is 0 Å². The summed E-state index contributed by atoms with van der Waals surface area (Å²) in [6.07, 6.45) is 0. The van der Waals surface area contributed by atoms with E-state index in [0.717, 1.165) is 12.1 Å². The first-order valence-corrected chi connectivity index (χ1v) is 9.26. The molecule has 0 atom stereocenters. The zero-order valence-corrected chi connectivity index (χ0v) is 15.0. The smallest absolute Gasteiger partial charge is 0.263 e. The van der Waals surface area contributed by atoms with Crippen LogP contribution in [0.3, 0.4) is 0 Å². The molecule has 3 aromatic rings. The summed E-state index contributed by atoms with van der Waals surface area (Å²) in [6, 6.07) is 15.3. The fraction of sp³-hybridized carbons (Fsp3) is 0.0556. The third-order valence-corrected chi connectivity index (χ3v) is 5.16. The molecule has 27 heavy (non-hydrogen) atoms. The van der Waals surface area contributed by atoms with E-state index in [0.29, 0.717) is 17.1 Å². The number of hydrogen-bond acceptors (Lipinski definition) is 6. The number of nitriles is 1. The normalized spacial score (nSPS) is 10.9. The molecule has 3 rings (SSSR count). The zero-order chi connectivity index (χ0) is 19.4. The van der Waals surface area contributed by atoms with Crippen molar-refractivity contribution in [2.75, 3.05) is 10.0 Å². The number of para-hydroxylation sites is 1. The minimum Gasteiger partial charge on any atom is -0.338 e. The number of rotatable bonds is 5. The second-order valence-corrected chi connectivity index (χ2v) is 7.25. The summed E-state index contributed by atoms with van der Waals surface area (Å²) in [5.41, 5.74) is 1.28. The molecule has 0 radical (unpaired) electrons. The predicted octanol–water partition coefficient (Wildman–Crippen LogP) is 3.34. The highest BCUT2D eigenvalue weighted by atomic mass is 32.2. The van der Waals surface area contributed by atoms with Crippen molar-refractivity contribution < 1.29 is 12.8 Å². The van der Waals surface area contributed by atoms with E-state index in [1.807, 2.05) is 0 Å². The van der Waals surface area contributed by atoms with Crippen LogP contribution in [0.2, 0.25) is 0 Å². The number of benzene rings is 2. The molecule has 0 unspecified atom stereocenters. The van der Waals surface area contributed by atoms with Crippen LogP contribution in [-0.2, 0) is 10.0 Å². The number of aromatic nitrogens is 2. The lowest BCUT2D eigenvalue weighted by Crippen LogP contribution is -2.15. The van der Waals surface area contributed by atoms with Crippen LogP contribution in [0.1, 0.15) is 11.1 Å².